The summed E-state index contributed by atoms with van der Waals surface area (Å²) in [6.07, 6.45) is 0. The number of benzene rings is 1. The average Bonchev–Trinajstić information content (AvgIpc) is 2.19. The van der Waals surface area contributed by atoms with Crippen molar-refractivity contribution in [2.24, 2.45) is 0 Å². The maximum Gasteiger partial charge on any atom is 0.0449 e. The van der Waals surface area contributed by atoms with Gasteiger partial charge in [0.15, 0.2) is 0 Å². The Labute approximate surface area is 131 Å². The van der Waals surface area contributed by atoms with Gasteiger partial charge in [-0.15, -0.1) is 17.3 Å². The number of rotatable bonds is 2. The molecule has 0 saturated carbocycles. The molecule has 0 nitrogen and oxygen atoms in total. The predicted molar refractivity (Wildman–Crippen MR) is 66.2 cm³/mol. The third-order valence-electron chi connectivity index (χ3n) is 1.23. The summed E-state index contributed by atoms with van der Waals surface area (Å²) < 4.78 is 0.998. The van der Waals surface area contributed by atoms with Crippen LogP contribution in [0.5, 0.6) is 0 Å². The Bertz CT molecular complexity index is 240. The molecule has 0 atom stereocenters. The van der Waals surface area contributed by atoms with Gasteiger partial charge in [0.2, 0.25) is 0 Å². The van der Waals surface area contributed by atoms with Crippen LogP contribution in [-0.4, -0.2) is 4.20 Å². The Morgan fingerprint density at radius 1 is 1.33 bits per heavy atom. The van der Waals surface area contributed by atoms with E-state index in [0.29, 0.717) is 0 Å². The van der Waals surface area contributed by atoms with E-state index in [2.05, 4.69) is 18.2 Å². The fourth-order valence-electron chi connectivity index (χ4n) is 0.703. The van der Waals surface area contributed by atoms with Gasteiger partial charge in [-0.25, -0.2) is 0 Å². The monoisotopic (exact) mass is 582 g/mol. The van der Waals surface area contributed by atoms with Crippen molar-refractivity contribution < 1.29 is 41.5 Å². The quantitative estimate of drug-likeness (QED) is 0.382. The first-order valence-electron chi connectivity index (χ1n) is 4.37. The van der Waals surface area contributed by atoms with E-state index in [1.165, 1.54) is 5.56 Å². The summed E-state index contributed by atoms with van der Waals surface area (Å²) in [5, 5.41) is 0. The van der Waals surface area contributed by atoms with E-state index in [1.807, 2.05) is 32.9 Å². The number of thioether (sulfide) groups is 1. The first-order valence-corrected chi connectivity index (χ1v) is 5.77. The van der Waals surface area contributed by atoms with E-state index in [-0.39, 0.29) is 41.5 Å². The molecule has 1 aromatic carbocycles. The summed E-state index contributed by atoms with van der Waals surface area (Å²) in [5.74, 6) is 0.976. The molecule has 1 rings (SSSR count). The van der Waals surface area contributed by atoms with Gasteiger partial charge in [0.05, 0.1) is 0 Å². The molecule has 0 aliphatic carbocycles. The van der Waals surface area contributed by atoms with Gasteiger partial charge >= 0.3 is 0 Å². The van der Waals surface area contributed by atoms with Crippen LogP contribution in [-0.2, 0) is 47.2 Å². The molecule has 85 valence electrons. The first kappa shape index (κ1) is 21.3. The SMILES string of the molecule is CC.CC(=S)SCc1cc[c-]cc1.[Re].[W]. The first-order chi connectivity index (χ1) is 6.29. The smallest absolute Gasteiger partial charge is 0.0449 e. The van der Waals surface area contributed by atoms with Gasteiger partial charge < -0.3 is 0 Å². The minimum absolute atomic E-state index is 0. The van der Waals surface area contributed by atoms with Crippen LogP contribution in [0.4, 0.5) is 0 Å². The van der Waals surface area contributed by atoms with Crippen LogP contribution >= 0.6 is 24.0 Å². The van der Waals surface area contributed by atoms with Crippen molar-refractivity contribution >= 4 is 28.2 Å². The van der Waals surface area contributed by atoms with E-state index in [0.717, 1.165) is 9.95 Å². The van der Waals surface area contributed by atoms with Crippen molar-refractivity contribution in [3.05, 3.63) is 35.9 Å². The van der Waals surface area contributed by atoms with Gasteiger partial charge in [0, 0.05) is 51.4 Å². The van der Waals surface area contributed by atoms with E-state index in [9.17, 15) is 0 Å². The van der Waals surface area contributed by atoms with Gasteiger partial charge in [0.25, 0.3) is 0 Å². The van der Waals surface area contributed by atoms with Crippen LogP contribution in [0.15, 0.2) is 24.3 Å². The summed E-state index contributed by atoms with van der Waals surface area (Å²) in [6.45, 7) is 5.95. The predicted octanol–water partition coefficient (Wildman–Crippen LogP) is 4.09. The minimum Gasteiger partial charge on any atom is -0.184 e. The molecule has 0 bridgehead atoms. The van der Waals surface area contributed by atoms with E-state index in [1.54, 1.807) is 11.8 Å². The Balaban J connectivity index is -0.000000339. The molecule has 4 heteroatoms. The fraction of sp³-hybridized carbons (Fsp3) is 0.364. The molecule has 1 radical (unpaired) electrons. The van der Waals surface area contributed by atoms with Gasteiger partial charge in [-0.3, -0.25) is 0 Å². The second-order valence-corrected chi connectivity index (χ2v) is 4.25. The van der Waals surface area contributed by atoms with Crippen molar-refractivity contribution in [2.45, 2.75) is 26.5 Å². The normalized spacial score (nSPS) is 7.40. The molecule has 0 unspecified atom stereocenters. The number of hydrogen-bond donors (Lipinski definition) is 0. The van der Waals surface area contributed by atoms with Crippen LogP contribution in [0.2, 0.25) is 0 Å². The van der Waals surface area contributed by atoms with E-state index >= 15 is 0 Å². The largest absolute Gasteiger partial charge is 0.184 e. The minimum atomic E-state index is 0. The molecular formula is C11H15ReS2W-. The third-order valence-corrected chi connectivity index (χ3v) is 2.47. The second-order valence-electron chi connectivity index (χ2n) is 2.19. The van der Waals surface area contributed by atoms with Gasteiger partial charge in [-0.2, -0.15) is 30.3 Å². The zero-order valence-electron chi connectivity index (χ0n) is 9.12. The summed E-state index contributed by atoms with van der Waals surface area (Å²) >= 11 is 6.65. The van der Waals surface area contributed by atoms with Crippen molar-refractivity contribution in [1.82, 2.24) is 0 Å². The molecule has 0 aromatic heterocycles. The summed E-state index contributed by atoms with van der Waals surface area (Å²) in [6, 6.07) is 11.0. The Morgan fingerprint density at radius 2 is 1.80 bits per heavy atom. The van der Waals surface area contributed by atoms with Gasteiger partial charge in [-0.05, 0) is 6.92 Å². The van der Waals surface area contributed by atoms with E-state index < -0.39 is 0 Å². The Kier molecular flexibility index (Phi) is 21.3. The number of hydrogen-bond acceptors (Lipinski definition) is 2. The molecule has 15 heavy (non-hydrogen) atoms. The molecule has 0 fully saturated rings. The zero-order valence-corrected chi connectivity index (χ0v) is 16.4. The Morgan fingerprint density at radius 3 is 2.20 bits per heavy atom. The van der Waals surface area contributed by atoms with Crippen molar-refractivity contribution in [3.63, 3.8) is 0 Å². The van der Waals surface area contributed by atoms with Gasteiger partial charge in [-0.1, -0.05) is 26.1 Å². The molecule has 0 N–H and O–H groups in total. The molecule has 0 aliphatic heterocycles. The topological polar surface area (TPSA) is 0 Å². The third kappa shape index (κ3) is 12.9. The van der Waals surface area contributed by atoms with E-state index in [4.69, 9.17) is 12.2 Å². The maximum absolute atomic E-state index is 4.95. The van der Waals surface area contributed by atoms with Crippen LogP contribution in [0, 0.1) is 6.07 Å². The van der Waals surface area contributed by atoms with Crippen molar-refractivity contribution in [3.8, 4) is 0 Å². The Hall–Kier alpha value is 1.01. The van der Waals surface area contributed by atoms with Gasteiger partial charge in [0.1, 0.15) is 0 Å². The summed E-state index contributed by atoms with van der Waals surface area (Å²) in [7, 11) is 0. The fourth-order valence-corrected chi connectivity index (χ4v) is 1.44. The summed E-state index contributed by atoms with van der Waals surface area (Å²) in [5.41, 5.74) is 1.30. The summed E-state index contributed by atoms with van der Waals surface area (Å²) in [4.78, 5) is 0. The molecule has 0 saturated heterocycles. The van der Waals surface area contributed by atoms with Crippen LogP contribution < -0.4 is 0 Å². The number of thiocarbonyl (C=S) groups is 1. The van der Waals surface area contributed by atoms with Crippen molar-refractivity contribution in [1.29, 1.82) is 0 Å². The van der Waals surface area contributed by atoms with Crippen LogP contribution in [0.3, 0.4) is 0 Å². The van der Waals surface area contributed by atoms with Crippen LogP contribution in [0.25, 0.3) is 0 Å². The molecular weight excluding hydrogens is 566 g/mol. The maximum atomic E-state index is 4.95. The molecule has 0 amide bonds. The second kappa shape index (κ2) is 15.0. The van der Waals surface area contributed by atoms with Crippen LogP contribution in [0.1, 0.15) is 26.3 Å². The van der Waals surface area contributed by atoms with Crippen molar-refractivity contribution in [2.75, 3.05) is 0 Å². The molecule has 1 aromatic rings. The molecule has 0 aliphatic rings. The molecule has 0 spiro atoms. The molecule has 0 heterocycles. The zero-order chi connectivity index (χ0) is 10.1. The average molecular weight is 581 g/mol. The standard InChI is InChI=1S/C9H9S2.C2H6.Re.W/c1-8(10)11-7-9-5-3-2-4-6-9;1-2;;/h3-6H,7H2,1H3;1-2H3;;/q-1;;;.